The quantitative estimate of drug-likeness (QED) is 0.837. The molecule has 0 bridgehead atoms. The van der Waals surface area contributed by atoms with Crippen LogP contribution < -0.4 is 10.1 Å². The van der Waals surface area contributed by atoms with Crippen molar-refractivity contribution in [3.63, 3.8) is 0 Å². The second kappa shape index (κ2) is 7.97. The number of nitrogens with one attached hydrogen (secondary N) is 1. The Morgan fingerprint density at radius 3 is 2.85 bits per heavy atom. The molecule has 26 heavy (non-hydrogen) atoms. The zero-order valence-corrected chi connectivity index (χ0v) is 14.7. The summed E-state index contributed by atoms with van der Waals surface area (Å²) < 4.78 is 19.3. The minimum absolute atomic E-state index is 0.107. The highest BCUT2D eigenvalue weighted by Gasteiger charge is 2.22. The van der Waals surface area contributed by atoms with Crippen molar-refractivity contribution < 1.29 is 18.7 Å². The third-order valence-electron chi connectivity index (χ3n) is 3.41. The van der Waals surface area contributed by atoms with E-state index < -0.39 is 5.91 Å². The fourth-order valence-corrected chi connectivity index (χ4v) is 3.09. The van der Waals surface area contributed by atoms with Crippen molar-refractivity contribution in [1.29, 1.82) is 0 Å². The van der Waals surface area contributed by atoms with Crippen molar-refractivity contribution in [3.05, 3.63) is 70.4 Å². The summed E-state index contributed by atoms with van der Waals surface area (Å²) in [5.74, 6) is -0.451. The first-order valence-corrected chi connectivity index (χ1v) is 8.59. The molecule has 0 saturated heterocycles. The highest BCUT2D eigenvalue weighted by molar-refractivity contribution is 8.18. The van der Waals surface area contributed by atoms with E-state index in [-0.39, 0.29) is 23.5 Å². The zero-order valence-electron chi connectivity index (χ0n) is 13.9. The van der Waals surface area contributed by atoms with E-state index in [9.17, 15) is 14.0 Å². The van der Waals surface area contributed by atoms with Gasteiger partial charge in [0.15, 0.2) is 5.17 Å². The van der Waals surface area contributed by atoms with E-state index in [1.54, 1.807) is 42.5 Å². The van der Waals surface area contributed by atoms with E-state index in [0.29, 0.717) is 16.2 Å². The first-order chi connectivity index (χ1) is 12.5. The second-order valence-electron chi connectivity index (χ2n) is 5.47. The Kier molecular flexibility index (Phi) is 5.48. The van der Waals surface area contributed by atoms with Crippen molar-refractivity contribution in [3.8, 4) is 5.75 Å². The van der Waals surface area contributed by atoms with Crippen molar-refractivity contribution in [2.45, 2.75) is 13.5 Å². The minimum Gasteiger partial charge on any atom is -0.489 e. The maximum Gasteiger partial charge on any atom is 0.286 e. The summed E-state index contributed by atoms with van der Waals surface area (Å²) in [5, 5.41) is 2.76. The number of amidine groups is 1. The van der Waals surface area contributed by atoms with E-state index in [1.807, 2.05) is 6.07 Å². The molecule has 1 aliphatic rings. The Labute approximate surface area is 154 Å². The summed E-state index contributed by atoms with van der Waals surface area (Å²) in [6.45, 7) is 1.46. The van der Waals surface area contributed by atoms with E-state index in [0.717, 1.165) is 17.3 Å². The largest absolute Gasteiger partial charge is 0.489 e. The lowest BCUT2D eigenvalue weighted by molar-refractivity contribution is -0.117. The van der Waals surface area contributed by atoms with Crippen LogP contribution >= 0.6 is 11.8 Å². The molecule has 3 rings (SSSR count). The van der Waals surface area contributed by atoms with Crippen LogP contribution in [0.4, 0.5) is 4.39 Å². The Morgan fingerprint density at radius 2 is 2.08 bits per heavy atom. The zero-order chi connectivity index (χ0) is 18.5. The van der Waals surface area contributed by atoms with Gasteiger partial charge in [-0.1, -0.05) is 30.3 Å². The van der Waals surface area contributed by atoms with Gasteiger partial charge in [-0.3, -0.25) is 9.59 Å². The predicted octanol–water partition coefficient (Wildman–Crippen LogP) is 3.51. The molecule has 2 amide bonds. The molecule has 0 saturated carbocycles. The first kappa shape index (κ1) is 17.9. The molecular weight excluding hydrogens is 355 g/mol. The van der Waals surface area contributed by atoms with Crippen LogP contribution in [-0.4, -0.2) is 17.0 Å². The van der Waals surface area contributed by atoms with E-state index in [2.05, 4.69) is 10.3 Å². The summed E-state index contributed by atoms with van der Waals surface area (Å²) in [6, 6.07) is 13.5. The maximum atomic E-state index is 13.6. The molecule has 132 valence electrons. The van der Waals surface area contributed by atoms with Gasteiger partial charge in [0, 0.05) is 12.5 Å². The molecule has 1 N–H and O–H groups in total. The molecular formula is C19H15FN2O3S. The molecule has 0 aromatic heterocycles. The van der Waals surface area contributed by atoms with Crippen LogP contribution in [0, 0.1) is 5.82 Å². The number of amides is 2. The Morgan fingerprint density at radius 1 is 1.27 bits per heavy atom. The van der Waals surface area contributed by atoms with Gasteiger partial charge in [-0.2, -0.15) is 4.99 Å². The Balaban J connectivity index is 1.69. The van der Waals surface area contributed by atoms with Gasteiger partial charge in [-0.05, 0) is 41.6 Å². The van der Waals surface area contributed by atoms with E-state index >= 15 is 0 Å². The third kappa shape index (κ3) is 4.58. The summed E-state index contributed by atoms with van der Waals surface area (Å²) >= 11 is 1.10. The molecule has 0 spiro atoms. The molecule has 0 fully saturated rings. The highest BCUT2D eigenvalue weighted by atomic mass is 32.2. The normalized spacial score (nSPS) is 15.1. The number of hydrogen-bond acceptors (Lipinski definition) is 4. The van der Waals surface area contributed by atoms with Gasteiger partial charge in [0.2, 0.25) is 5.91 Å². The lowest BCUT2D eigenvalue weighted by Crippen LogP contribution is -2.23. The topological polar surface area (TPSA) is 67.8 Å². The highest BCUT2D eigenvalue weighted by Crippen LogP contribution is 2.28. The Bertz CT molecular complexity index is 925. The number of carbonyl (C=O) groups is 2. The van der Waals surface area contributed by atoms with Gasteiger partial charge in [-0.25, -0.2) is 4.39 Å². The van der Waals surface area contributed by atoms with Crippen molar-refractivity contribution in [1.82, 2.24) is 5.32 Å². The minimum atomic E-state index is -0.406. The summed E-state index contributed by atoms with van der Waals surface area (Å²) in [4.78, 5) is 27.1. The van der Waals surface area contributed by atoms with Crippen LogP contribution in [0.15, 0.2) is 58.4 Å². The van der Waals surface area contributed by atoms with Crippen LogP contribution in [0.1, 0.15) is 18.1 Å². The average Bonchev–Trinajstić information content (AvgIpc) is 2.93. The summed E-state index contributed by atoms with van der Waals surface area (Å²) in [5.41, 5.74) is 1.21. The monoisotopic (exact) mass is 370 g/mol. The number of nitrogens with zero attached hydrogens (tertiary/aromatic N) is 1. The van der Waals surface area contributed by atoms with Gasteiger partial charge in [0.25, 0.3) is 5.91 Å². The van der Waals surface area contributed by atoms with E-state index in [1.165, 1.54) is 13.0 Å². The summed E-state index contributed by atoms with van der Waals surface area (Å²) in [7, 11) is 0. The summed E-state index contributed by atoms with van der Waals surface area (Å²) in [6.07, 6.45) is 1.67. The lowest BCUT2D eigenvalue weighted by Gasteiger charge is -2.08. The van der Waals surface area contributed by atoms with Crippen LogP contribution in [0.2, 0.25) is 0 Å². The molecule has 2 aromatic carbocycles. The standard InChI is InChI=1S/C19H15FN2O3S/c1-12(23)21-19-22-18(24)17(26-19)10-13-5-4-7-15(9-13)25-11-14-6-2-3-8-16(14)20/h2-10H,11H2,1H3,(H,21,22,23,24)/b17-10-. The van der Waals surface area contributed by atoms with Crippen LogP contribution in [0.5, 0.6) is 5.75 Å². The van der Waals surface area contributed by atoms with Gasteiger partial charge < -0.3 is 10.1 Å². The van der Waals surface area contributed by atoms with Crippen LogP contribution in [0.25, 0.3) is 6.08 Å². The molecule has 0 atom stereocenters. The van der Waals surface area contributed by atoms with Crippen molar-refractivity contribution >= 4 is 34.8 Å². The van der Waals surface area contributed by atoms with Crippen molar-refractivity contribution in [2.75, 3.05) is 0 Å². The molecule has 2 aromatic rings. The fourth-order valence-electron chi connectivity index (χ4n) is 2.24. The first-order valence-electron chi connectivity index (χ1n) is 7.78. The van der Waals surface area contributed by atoms with Crippen LogP contribution in [0.3, 0.4) is 0 Å². The van der Waals surface area contributed by atoms with Gasteiger partial charge in [0.1, 0.15) is 18.2 Å². The molecule has 1 aliphatic heterocycles. The third-order valence-corrected chi connectivity index (χ3v) is 4.31. The average molecular weight is 370 g/mol. The SMILES string of the molecule is CC(=O)NC1=NC(=O)/C(=C/c2cccc(OCc3ccccc3F)c2)S1. The lowest BCUT2D eigenvalue weighted by atomic mass is 10.2. The number of halogens is 1. The second-order valence-corrected chi connectivity index (χ2v) is 6.50. The van der Waals surface area contributed by atoms with Gasteiger partial charge in [-0.15, -0.1) is 0 Å². The maximum absolute atomic E-state index is 13.6. The van der Waals surface area contributed by atoms with Gasteiger partial charge in [0.05, 0.1) is 4.91 Å². The number of benzene rings is 2. The fraction of sp³-hybridized carbons (Fsp3) is 0.105. The number of aliphatic imine (C=N–C) groups is 1. The number of ether oxygens (including phenoxy) is 1. The number of hydrogen-bond donors (Lipinski definition) is 1. The van der Waals surface area contributed by atoms with E-state index in [4.69, 9.17) is 4.74 Å². The smallest absolute Gasteiger partial charge is 0.286 e. The van der Waals surface area contributed by atoms with Gasteiger partial charge >= 0.3 is 0 Å². The van der Waals surface area contributed by atoms with Crippen molar-refractivity contribution in [2.24, 2.45) is 4.99 Å². The number of thioether (sulfide) groups is 1. The predicted molar refractivity (Wildman–Crippen MR) is 99.0 cm³/mol. The Hall–Kier alpha value is -2.93. The molecule has 0 aliphatic carbocycles. The molecule has 1 heterocycles. The number of rotatable bonds is 4. The molecule has 0 unspecified atom stereocenters. The number of carbonyl (C=O) groups excluding carboxylic acids is 2. The molecule has 0 radical (unpaired) electrons. The molecule has 7 heteroatoms. The molecule has 5 nitrogen and oxygen atoms in total. The van der Waals surface area contributed by atoms with Crippen LogP contribution in [-0.2, 0) is 16.2 Å².